The maximum Gasteiger partial charge on any atom is 0.260 e. The fourth-order valence-electron chi connectivity index (χ4n) is 1.63. The average molecular weight is 273 g/mol. The van der Waals surface area contributed by atoms with Crippen LogP contribution in [0.3, 0.4) is 0 Å². The van der Waals surface area contributed by atoms with Gasteiger partial charge in [0.25, 0.3) is 5.91 Å². The van der Waals surface area contributed by atoms with Crippen molar-refractivity contribution in [3.05, 3.63) is 35.4 Å². The number of imidazole rings is 1. The number of thiazole rings is 1. The number of nitrogens with zero attached hydrogens (tertiary/aromatic N) is 4. The van der Waals surface area contributed by atoms with E-state index in [2.05, 4.69) is 15.0 Å². The van der Waals surface area contributed by atoms with Crippen LogP contribution in [-0.2, 0) is 0 Å². The summed E-state index contributed by atoms with van der Waals surface area (Å²) in [6.45, 7) is 0. The van der Waals surface area contributed by atoms with Crippen LogP contribution < -0.4 is 5.73 Å². The molecule has 0 saturated heterocycles. The number of rotatable bonds is 3. The maximum absolute atomic E-state index is 11.1. The largest absolute Gasteiger partial charge is 0.365 e. The molecule has 3 aromatic rings. The van der Waals surface area contributed by atoms with E-state index in [1.165, 1.54) is 23.7 Å². The van der Waals surface area contributed by atoms with E-state index in [1.807, 2.05) is 0 Å². The number of nitrogens with two attached hydrogens (primary N) is 1. The summed E-state index contributed by atoms with van der Waals surface area (Å²) in [5, 5.41) is 0.601. The van der Waals surface area contributed by atoms with Gasteiger partial charge in [-0.25, -0.2) is 15.0 Å². The smallest absolute Gasteiger partial charge is 0.260 e. The molecule has 3 rings (SSSR count). The number of hydrogen-bond acceptors (Lipinski definition) is 6. The lowest BCUT2D eigenvalue weighted by molar-refractivity contribution is 0.100. The first-order valence-corrected chi connectivity index (χ1v) is 6.05. The number of fused-ring (bicyclic) bond motifs is 1. The highest BCUT2D eigenvalue weighted by molar-refractivity contribution is 7.16. The zero-order valence-corrected chi connectivity index (χ0v) is 10.3. The molecule has 0 aliphatic carbocycles. The molecule has 3 heterocycles. The Morgan fingerprint density at radius 2 is 2.11 bits per heavy atom. The molecule has 0 unspecified atom stereocenters. The number of carbonyl (C=O) groups excluding carboxylic acids is 2. The van der Waals surface area contributed by atoms with E-state index >= 15 is 0 Å². The van der Waals surface area contributed by atoms with E-state index in [-0.39, 0.29) is 0 Å². The second kappa shape index (κ2) is 4.25. The van der Waals surface area contributed by atoms with Crippen LogP contribution in [0.4, 0.5) is 0 Å². The van der Waals surface area contributed by atoms with Crippen LogP contribution in [0.2, 0.25) is 0 Å². The normalized spacial score (nSPS) is 10.7. The Morgan fingerprint density at radius 1 is 1.26 bits per heavy atom. The Balaban J connectivity index is 2.18. The molecule has 0 atom stereocenters. The minimum Gasteiger partial charge on any atom is -0.365 e. The van der Waals surface area contributed by atoms with Crippen LogP contribution in [0.15, 0.2) is 24.8 Å². The van der Waals surface area contributed by atoms with E-state index in [9.17, 15) is 9.59 Å². The zero-order valence-electron chi connectivity index (χ0n) is 9.48. The molecule has 0 aliphatic heterocycles. The Kier molecular flexibility index (Phi) is 2.57. The molecule has 0 radical (unpaired) electrons. The topological polar surface area (TPSA) is 103 Å². The average Bonchev–Trinajstić information content (AvgIpc) is 3.03. The van der Waals surface area contributed by atoms with Gasteiger partial charge in [0, 0.05) is 6.20 Å². The van der Waals surface area contributed by atoms with Crippen LogP contribution in [0, 0.1) is 0 Å². The summed E-state index contributed by atoms with van der Waals surface area (Å²) in [5.41, 5.74) is 6.75. The number of aromatic nitrogens is 4. The molecule has 0 aromatic carbocycles. The summed E-state index contributed by atoms with van der Waals surface area (Å²) in [5.74, 6) is -0.521. The lowest BCUT2D eigenvalue weighted by Crippen LogP contribution is -2.08. The predicted molar refractivity (Wildman–Crippen MR) is 68.0 cm³/mol. The predicted octanol–water partition coefficient (Wildman–Crippen LogP) is 0.764. The first kappa shape index (κ1) is 11.5. The molecule has 0 bridgehead atoms. The van der Waals surface area contributed by atoms with Gasteiger partial charge in [-0.2, -0.15) is 0 Å². The summed E-state index contributed by atoms with van der Waals surface area (Å²) in [6, 6.07) is 0. The van der Waals surface area contributed by atoms with Crippen molar-refractivity contribution in [1.29, 1.82) is 0 Å². The second-order valence-electron chi connectivity index (χ2n) is 3.70. The van der Waals surface area contributed by atoms with Gasteiger partial charge in [-0.15, -0.1) is 11.3 Å². The van der Waals surface area contributed by atoms with Gasteiger partial charge in [-0.3, -0.25) is 14.0 Å². The molecule has 2 N–H and O–H groups in total. The van der Waals surface area contributed by atoms with Gasteiger partial charge in [-0.05, 0) is 0 Å². The van der Waals surface area contributed by atoms with Gasteiger partial charge in [0.1, 0.15) is 21.3 Å². The Bertz CT molecular complexity index is 791. The van der Waals surface area contributed by atoms with Crippen LogP contribution in [0.5, 0.6) is 0 Å². The zero-order chi connectivity index (χ0) is 13.4. The molecule has 0 saturated carbocycles. The summed E-state index contributed by atoms with van der Waals surface area (Å²) in [7, 11) is 0. The minimum atomic E-state index is -0.521. The highest BCUT2D eigenvalue weighted by Crippen LogP contribution is 2.25. The van der Waals surface area contributed by atoms with Crippen molar-refractivity contribution in [3.63, 3.8) is 0 Å². The van der Waals surface area contributed by atoms with Crippen LogP contribution >= 0.6 is 11.3 Å². The van der Waals surface area contributed by atoms with Crippen molar-refractivity contribution in [2.45, 2.75) is 0 Å². The van der Waals surface area contributed by atoms with E-state index < -0.39 is 5.91 Å². The lowest BCUT2D eigenvalue weighted by Gasteiger charge is -1.98. The monoisotopic (exact) mass is 273 g/mol. The van der Waals surface area contributed by atoms with Crippen molar-refractivity contribution >= 4 is 29.2 Å². The third kappa shape index (κ3) is 1.87. The van der Waals surface area contributed by atoms with Gasteiger partial charge in [0.15, 0.2) is 11.9 Å². The van der Waals surface area contributed by atoms with Crippen molar-refractivity contribution in [3.8, 4) is 10.7 Å². The highest BCUT2D eigenvalue weighted by Gasteiger charge is 2.13. The molecule has 1 amide bonds. The maximum atomic E-state index is 11.1. The Labute approximate surface area is 110 Å². The first-order chi connectivity index (χ1) is 9.19. The molecule has 94 valence electrons. The van der Waals surface area contributed by atoms with Crippen LogP contribution in [-0.4, -0.2) is 31.5 Å². The quantitative estimate of drug-likeness (QED) is 0.710. The van der Waals surface area contributed by atoms with Gasteiger partial charge in [-0.1, -0.05) is 0 Å². The lowest BCUT2D eigenvalue weighted by atomic mass is 10.4. The van der Waals surface area contributed by atoms with E-state index in [0.717, 1.165) is 0 Å². The SMILES string of the molecule is NC(=O)c1cnc(-c2cnc3cnc(C=O)cn23)s1. The van der Waals surface area contributed by atoms with Gasteiger partial charge in [0.05, 0.1) is 18.6 Å². The molecule has 3 aromatic heterocycles. The van der Waals surface area contributed by atoms with Crippen molar-refractivity contribution in [1.82, 2.24) is 19.4 Å². The number of amides is 1. The highest BCUT2D eigenvalue weighted by atomic mass is 32.1. The summed E-state index contributed by atoms with van der Waals surface area (Å²) in [4.78, 5) is 34.4. The standard InChI is InChI=1S/C11H7N5O2S/c12-10(18)8-2-15-11(19-8)7-1-14-9-3-13-6(5-17)4-16(7)9/h1-5H,(H2,12,18). The molecule has 0 spiro atoms. The van der Waals surface area contributed by atoms with Crippen molar-refractivity contribution in [2.24, 2.45) is 5.73 Å². The molecule has 0 aliphatic rings. The number of primary amides is 1. The second-order valence-corrected chi connectivity index (χ2v) is 4.73. The molecule has 8 heteroatoms. The summed E-state index contributed by atoms with van der Waals surface area (Å²) < 4.78 is 1.69. The minimum absolute atomic E-state index is 0.290. The summed E-state index contributed by atoms with van der Waals surface area (Å²) >= 11 is 1.17. The van der Waals surface area contributed by atoms with Gasteiger partial charge < -0.3 is 5.73 Å². The fraction of sp³-hybridized carbons (Fsp3) is 0. The number of hydrogen-bond donors (Lipinski definition) is 1. The number of carbonyl (C=O) groups is 2. The van der Waals surface area contributed by atoms with Crippen LogP contribution in [0.25, 0.3) is 16.3 Å². The third-order valence-corrected chi connectivity index (χ3v) is 3.54. The molecular weight excluding hydrogens is 266 g/mol. The van der Waals surface area contributed by atoms with Crippen molar-refractivity contribution in [2.75, 3.05) is 0 Å². The molecule has 7 nitrogen and oxygen atoms in total. The number of aldehydes is 1. The van der Waals surface area contributed by atoms with E-state index in [1.54, 1.807) is 16.8 Å². The summed E-state index contributed by atoms with van der Waals surface area (Å²) in [6.07, 6.45) is 6.74. The third-order valence-electron chi connectivity index (χ3n) is 2.50. The molecule has 0 fully saturated rings. The van der Waals surface area contributed by atoms with Gasteiger partial charge in [0.2, 0.25) is 0 Å². The fourth-order valence-corrected chi connectivity index (χ4v) is 2.41. The molecule has 19 heavy (non-hydrogen) atoms. The Hall–Kier alpha value is -2.61. The van der Waals surface area contributed by atoms with E-state index in [0.29, 0.717) is 33.2 Å². The molecular formula is C11H7N5O2S. The van der Waals surface area contributed by atoms with Crippen molar-refractivity contribution < 1.29 is 9.59 Å². The van der Waals surface area contributed by atoms with E-state index in [4.69, 9.17) is 5.73 Å². The van der Waals surface area contributed by atoms with Crippen LogP contribution in [0.1, 0.15) is 20.2 Å². The first-order valence-electron chi connectivity index (χ1n) is 5.23. The Morgan fingerprint density at radius 3 is 2.79 bits per heavy atom. The van der Waals surface area contributed by atoms with Gasteiger partial charge >= 0.3 is 0 Å².